The van der Waals surface area contributed by atoms with E-state index in [2.05, 4.69) is 29.1 Å². The van der Waals surface area contributed by atoms with Gasteiger partial charge in [-0.05, 0) is 80.2 Å². The number of nitrogens with one attached hydrogen (secondary N) is 3. The first kappa shape index (κ1) is 89.0. The van der Waals surface area contributed by atoms with Crippen molar-refractivity contribution in [1.82, 2.24) is 25.8 Å². The molecule has 0 aromatic rings. The first-order chi connectivity index (χ1) is 37.7. The summed E-state index contributed by atoms with van der Waals surface area (Å²) in [7, 11) is 7.73. The van der Waals surface area contributed by atoms with Gasteiger partial charge >= 0.3 is 0 Å². The topological polar surface area (TPSA) is 247 Å². The quantitative estimate of drug-likeness (QED) is 0.0720. The third-order valence-corrected chi connectivity index (χ3v) is 10.9. The summed E-state index contributed by atoms with van der Waals surface area (Å²) in [5, 5.41) is 7.56. The minimum Gasteiger partial charge on any atom is -0.345 e. The molecular formula is C67H115N5O12. The molecule has 0 aliphatic heterocycles. The van der Waals surface area contributed by atoms with Crippen molar-refractivity contribution in [3.8, 4) is 0 Å². The molecule has 0 bridgehead atoms. The van der Waals surface area contributed by atoms with Gasteiger partial charge in [0.05, 0.1) is 19.6 Å². The smallest absolute Gasteiger partial charge is 0.244 e. The van der Waals surface area contributed by atoms with E-state index in [-0.39, 0.29) is 106 Å². The second kappa shape index (κ2) is 44.3. The summed E-state index contributed by atoms with van der Waals surface area (Å²) in [6.07, 6.45) is 14.1. The zero-order valence-electron chi connectivity index (χ0n) is 57.1. The van der Waals surface area contributed by atoms with Gasteiger partial charge in [-0.3, -0.25) is 57.5 Å². The van der Waals surface area contributed by atoms with E-state index in [1.165, 1.54) is 18.2 Å². The average Bonchev–Trinajstić information content (AvgIpc) is 3.32. The molecule has 0 aromatic carbocycles. The van der Waals surface area contributed by atoms with Gasteiger partial charge in [-0.15, -0.1) is 0 Å². The molecule has 0 aliphatic carbocycles. The van der Waals surface area contributed by atoms with Crippen LogP contribution in [0.15, 0.2) is 72.9 Å². The van der Waals surface area contributed by atoms with Crippen molar-refractivity contribution >= 4 is 69.8 Å². The van der Waals surface area contributed by atoms with Crippen LogP contribution in [0, 0.1) is 32.5 Å². The van der Waals surface area contributed by atoms with Gasteiger partial charge in [0.1, 0.15) is 17.3 Å². The molecule has 0 saturated carbocycles. The Morgan fingerprint density at radius 3 is 0.881 bits per heavy atom. The predicted molar refractivity (Wildman–Crippen MR) is 343 cm³/mol. The maximum Gasteiger partial charge on any atom is 0.244 e. The van der Waals surface area contributed by atoms with E-state index in [1.807, 2.05) is 196 Å². The second-order valence-electron chi connectivity index (χ2n) is 27.3. The highest BCUT2D eigenvalue weighted by Crippen LogP contribution is 2.20. The number of rotatable bonds is 25. The zero-order chi connectivity index (χ0) is 67.8. The summed E-state index contributed by atoms with van der Waals surface area (Å²) in [5.41, 5.74) is -0.280. The molecule has 0 heterocycles. The van der Waals surface area contributed by atoms with Crippen molar-refractivity contribution in [3.63, 3.8) is 0 Å². The third-order valence-electron chi connectivity index (χ3n) is 10.9. The van der Waals surface area contributed by atoms with Crippen molar-refractivity contribution in [1.29, 1.82) is 0 Å². The lowest BCUT2D eigenvalue weighted by Gasteiger charge is -2.16. The molecule has 3 amide bonds. The minimum atomic E-state index is -0.402. The molecule has 0 radical (unpaired) electrons. The lowest BCUT2D eigenvalue weighted by Crippen LogP contribution is -2.34. The van der Waals surface area contributed by atoms with Crippen molar-refractivity contribution in [2.45, 2.75) is 191 Å². The van der Waals surface area contributed by atoms with E-state index in [9.17, 15) is 57.5 Å². The standard InChI is InChI=1S/C13H23NO2.C12H22N2O2.C12H20O2.C11H19NO2.C10H16O2.C9H15NO2/c1-13(2,3)12(16)9-8-11(15)7-6-10-14(4)5;1-12(2,3)10(15)9-13-11(16)7-6-8-14(4)5;1-9(2)8-10(13)6-7-11(14)12(3,4)5;1-8(2)6-10(14)12-7-9(13)11(3,4)5;1-5-8(11)6-7-9(12)10(2,3)4;1-5-8(12)10-6-7(11)9(2,3)4/h6-7H,8-10H2,1-5H3;6-7H,8-9H2,1-5H3,(H,13,16);8H,6-7H2,1-5H3;6H,7H2,1-5H3,(H,12,14);5H,1,6-7H2,2-4H3;5H,1,6H2,2-4H3,(H,10,12)/b2*7-6+;;;;. The number of likely N-dealkylation sites (N-methyl/N-ethyl adjacent to an activating group) is 2. The van der Waals surface area contributed by atoms with Crippen LogP contribution in [0.4, 0.5) is 0 Å². The van der Waals surface area contributed by atoms with Crippen molar-refractivity contribution in [3.05, 3.63) is 72.9 Å². The summed E-state index contributed by atoms with van der Waals surface area (Å²) < 4.78 is 0. The van der Waals surface area contributed by atoms with Gasteiger partial charge in [0.15, 0.2) is 34.7 Å². The fourth-order valence-electron chi connectivity index (χ4n) is 4.92. The van der Waals surface area contributed by atoms with Crippen molar-refractivity contribution < 1.29 is 57.5 Å². The molecule has 3 N–H and O–H groups in total. The summed E-state index contributed by atoms with van der Waals surface area (Å²) in [4.78, 5) is 139. The van der Waals surface area contributed by atoms with Crippen molar-refractivity contribution in [2.24, 2.45) is 32.5 Å². The highest BCUT2D eigenvalue weighted by atomic mass is 16.2. The summed E-state index contributed by atoms with van der Waals surface area (Å²) >= 11 is 0. The SMILES string of the molecule is C=CC(=O)CCC(=O)C(C)(C)C.C=CC(=O)NCC(=O)C(C)(C)C.CC(C)=CC(=O)CCC(=O)C(C)(C)C.CC(C)=CC(=O)NCC(=O)C(C)(C)C.CN(C)C/C=C/C(=O)CCC(=O)C(C)(C)C.CN(C)C/C=C/C(=O)NCC(=O)C(C)(C)C. The molecule has 0 aliphatic rings. The molecule has 0 fully saturated rings. The van der Waals surface area contributed by atoms with E-state index in [0.29, 0.717) is 45.1 Å². The lowest BCUT2D eigenvalue weighted by atomic mass is 9.88. The average molecular weight is 1180 g/mol. The predicted octanol–water partition coefficient (Wildman–Crippen LogP) is 10.5. The molecule has 0 spiro atoms. The maximum atomic E-state index is 11.6. The lowest BCUT2D eigenvalue weighted by molar-refractivity contribution is -0.128. The van der Waals surface area contributed by atoms with E-state index >= 15 is 0 Å². The number of Topliss-reactive ketones (excluding diaryl/α,β-unsaturated/α-hetero) is 6. The molecule has 480 valence electrons. The number of ketones is 9. The van der Waals surface area contributed by atoms with Gasteiger partial charge in [0.25, 0.3) is 0 Å². The van der Waals surface area contributed by atoms with Gasteiger partial charge in [-0.1, -0.05) is 161 Å². The Labute approximate surface area is 508 Å². The van der Waals surface area contributed by atoms with E-state index < -0.39 is 16.2 Å². The van der Waals surface area contributed by atoms with Crippen LogP contribution in [0.2, 0.25) is 0 Å². The molecule has 0 aromatic heterocycles. The van der Waals surface area contributed by atoms with E-state index in [0.717, 1.165) is 23.8 Å². The zero-order valence-corrected chi connectivity index (χ0v) is 57.1. The number of carbonyl (C=O) groups excluding carboxylic acids is 12. The molecule has 0 unspecified atom stereocenters. The van der Waals surface area contributed by atoms with Crippen LogP contribution < -0.4 is 16.0 Å². The number of amides is 3. The Hall–Kier alpha value is -6.20. The highest BCUT2D eigenvalue weighted by molar-refractivity contribution is 5.97. The number of carbonyl (C=O) groups is 12. The number of hydrogen-bond acceptors (Lipinski definition) is 14. The number of nitrogens with zero attached hydrogens (tertiary/aromatic N) is 2. The van der Waals surface area contributed by atoms with Crippen LogP contribution >= 0.6 is 0 Å². The Bertz CT molecular complexity index is 2120. The third kappa shape index (κ3) is 60.4. The Morgan fingerprint density at radius 1 is 0.333 bits per heavy atom. The fourth-order valence-corrected chi connectivity index (χ4v) is 4.92. The second-order valence-corrected chi connectivity index (χ2v) is 27.3. The van der Waals surface area contributed by atoms with Gasteiger partial charge in [-0.25, -0.2) is 0 Å². The Balaban J connectivity index is -0.000000218. The van der Waals surface area contributed by atoms with Crippen LogP contribution in [0.5, 0.6) is 0 Å². The molecule has 0 saturated heterocycles. The van der Waals surface area contributed by atoms with Gasteiger partial charge in [0.2, 0.25) is 17.7 Å². The first-order valence-corrected chi connectivity index (χ1v) is 28.5. The maximum absolute atomic E-state index is 11.6. The molecular weight excluding hydrogens is 1070 g/mol. The van der Waals surface area contributed by atoms with Crippen molar-refractivity contribution in [2.75, 3.05) is 60.9 Å². The summed E-state index contributed by atoms with van der Waals surface area (Å²) in [6, 6.07) is 0. The molecule has 84 heavy (non-hydrogen) atoms. The van der Waals surface area contributed by atoms with Gasteiger partial charge < -0.3 is 25.8 Å². The van der Waals surface area contributed by atoms with Gasteiger partial charge in [-0.2, -0.15) is 0 Å². The van der Waals surface area contributed by atoms with Crippen LogP contribution in [0.25, 0.3) is 0 Å². The molecule has 0 atom stereocenters. The van der Waals surface area contributed by atoms with E-state index in [1.54, 1.807) is 18.2 Å². The minimum absolute atomic E-state index is 0.0118. The van der Waals surface area contributed by atoms with Crippen LogP contribution in [0.3, 0.4) is 0 Å². The first-order valence-electron chi connectivity index (χ1n) is 28.5. The molecule has 17 nitrogen and oxygen atoms in total. The van der Waals surface area contributed by atoms with Gasteiger partial charge in [0, 0.05) is 96.3 Å². The fraction of sp³-hybridized carbons (Fsp3) is 0.642. The normalized spacial score (nSPS) is 11.3. The summed E-state index contributed by atoms with van der Waals surface area (Å²) in [5.74, 6) is -0.246. The molecule has 17 heteroatoms. The van der Waals surface area contributed by atoms with Crippen LogP contribution in [-0.4, -0.2) is 140 Å². The van der Waals surface area contributed by atoms with E-state index in [4.69, 9.17) is 0 Å². The van der Waals surface area contributed by atoms with Crippen LogP contribution in [0.1, 0.15) is 191 Å². The summed E-state index contributed by atoms with van der Waals surface area (Å²) in [6.45, 7) is 49.1. The monoisotopic (exact) mass is 1180 g/mol. The highest BCUT2D eigenvalue weighted by Gasteiger charge is 2.25. The Morgan fingerprint density at radius 2 is 0.607 bits per heavy atom. The number of hydrogen-bond donors (Lipinski definition) is 3. The number of allylic oxidation sites excluding steroid dienone is 5. The Kier molecular flexibility index (Phi) is 46.9. The largest absolute Gasteiger partial charge is 0.345 e. The molecule has 0 rings (SSSR count). The van der Waals surface area contributed by atoms with Crippen LogP contribution in [-0.2, 0) is 57.5 Å².